The number of hydrogen-bond acceptors (Lipinski definition) is 5. The van der Waals surface area contributed by atoms with Crippen molar-refractivity contribution in [3.8, 4) is 0 Å². The lowest BCUT2D eigenvalue weighted by atomic mass is 10.1. The third-order valence-corrected chi connectivity index (χ3v) is 2.72. The average molecular weight is 281 g/mol. The Balaban J connectivity index is 3.09. The fourth-order valence-corrected chi connectivity index (χ4v) is 1.53. The maximum absolute atomic E-state index is 11.6. The predicted octanol–water partition coefficient (Wildman–Crippen LogP) is 0.817. The number of benzene rings is 1. The summed E-state index contributed by atoms with van der Waals surface area (Å²) in [5.41, 5.74) is -0.464. The molecule has 20 heavy (non-hydrogen) atoms. The molecule has 8 nitrogen and oxygen atoms in total. The van der Waals surface area contributed by atoms with Crippen molar-refractivity contribution in [1.82, 2.24) is 4.90 Å². The predicted molar refractivity (Wildman–Crippen MR) is 72.0 cm³/mol. The van der Waals surface area contributed by atoms with Gasteiger partial charge in [0.2, 0.25) is 5.91 Å². The van der Waals surface area contributed by atoms with E-state index in [-0.39, 0.29) is 12.5 Å². The zero-order chi connectivity index (χ0) is 15.4. The molecule has 0 fully saturated rings. The Morgan fingerprint density at radius 1 is 1.30 bits per heavy atom. The van der Waals surface area contributed by atoms with Crippen molar-refractivity contribution in [2.45, 2.75) is 0 Å². The molecule has 1 rings (SSSR count). The van der Waals surface area contributed by atoms with Crippen molar-refractivity contribution in [3.63, 3.8) is 0 Å². The zero-order valence-corrected chi connectivity index (χ0v) is 11.4. The maximum atomic E-state index is 11.6. The summed E-state index contributed by atoms with van der Waals surface area (Å²) < 4.78 is 0. The van der Waals surface area contributed by atoms with E-state index in [1.54, 1.807) is 21.1 Å². The second-order valence-electron chi connectivity index (χ2n) is 4.41. The molecule has 0 saturated carbocycles. The van der Waals surface area contributed by atoms with Crippen LogP contribution in [0.1, 0.15) is 10.4 Å². The van der Waals surface area contributed by atoms with E-state index in [1.807, 2.05) is 0 Å². The molecule has 1 aromatic rings. The SMILES string of the molecule is CN(C)C(=O)CN(C)c1ccc([N+](=O)[O-])c(C(=O)O)c1. The van der Waals surface area contributed by atoms with Gasteiger partial charge in [0.25, 0.3) is 5.69 Å². The average Bonchev–Trinajstić information content (AvgIpc) is 2.37. The van der Waals surface area contributed by atoms with Gasteiger partial charge in [0.05, 0.1) is 11.5 Å². The Bertz CT molecular complexity index is 556. The standard InChI is InChI=1S/C12H15N3O5/c1-13(2)11(16)7-14(3)8-4-5-10(15(19)20)9(6-8)12(17)18/h4-6H,7H2,1-3H3,(H,17,18). The molecule has 0 aliphatic carbocycles. The van der Waals surface area contributed by atoms with E-state index in [9.17, 15) is 19.7 Å². The highest BCUT2D eigenvalue weighted by Gasteiger charge is 2.21. The lowest BCUT2D eigenvalue weighted by molar-refractivity contribution is -0.385. The molecule has 8 heteroatoms. The number of carbonyl (C=O) groups is 2. The molecule has 0 aliphatic heterocycles. The minimum atomic E-state index is -1.38. The third-order valence-electron chi connectivity index (χ3n) is 2.72. The molecule has 0 aliphatic rings. The second-order valence-corrected chi connectivity index (χ2v) is 4.41. The van der Waals surface area contributed by atoms with E-state index in [4.69, 9.17) is 5.11 Å². The molecule has 0 aromatic heterocycles. The molecule has 108 valence electrons. The Morgan fingerprint density at radius 3 is 2.35 bits per heavy atom. The molecule has 0 radical (unpaired) electrons. The molecule has 1 aromatic carbocycles. The van der Waals surface area contributed by atoms with Gasteiger partial charge in [-0.2, -0.15) is 0 Å². The first kappa shape index (κ1) is 15.4. The molecule has 0 unspecified atom stereocenters. The van der Waals surface area contributed by atoms with Crippen molar-refractivity contribution < 1.29 is 19.6 Å². The number of carboxylic acid groups (broad SMARTS) is 1. The summed E-state index contributed by atoms with van der Waals surface area (Å²) in [6, 6.07) is 3.71. The maximum Gasteiger partial charge on any atom is 0.342 e. The van der Waals surface area contributed by atoms with Crippen LogP contribution in [0, 0.1) is 10.1 Å². The van der Waals surface area contributed by atoms with Crippen LogP contribution in [0.2, 0.25) is 0 Å². The van der Waals surface area contributed by atoms with Gasteiger partial charge in [-0.3, -0.25) is 14.9 Å². The lowest BCUT2D eigenvalue weighted by Gasteiger charge is -2.21. The van der Waals surface area contributed by atoms with Crippen LogP contribution in [-0.2, 0) is 4.79 Å². The fourth-order valence-electron chi connectivity index (χ4n) is 1.53. The number of rotatable bonds is 5. The van der Waals surface area contributed by atoms with E-state index in [0.717, 1.165) is 6.07 Å². The molecule has 0 saturated heterocycles. The van der Waals surface area contributed by atoms with Gasteiger partial charge in [-0.05, 0) is 12.1 Å². The van der Waals surface area contributed by atoms with Gasteiger partial charge in [-0.1, -0.05) is 0 Å². The number of nitrogens with zero attached hydrogens (tertiary/aromatic N) is 3. The molecular weight excluding hydrogens is 266 g/mol. The molecule has 1 amide bonds. The Hall–Kier alpha value is -2.64. The van der Waals surface area contributed by atoms with E-state index < -0.39 is 22.1 Å². The molecular formula is C12H15N3O5. The topological polar surface area (TPSA) is 104 Å². The number of nitro groups is 1. The quantitative estimate of drug-likeness (QED) is 0.633. The van der Waals surface area contributed by atoms with Gasteiger partial charge in [0, 0.05) is 32.9 Å². The summed E-state index contributed by atoms with van der Waals surface area (Å²) in [7, 11) is 4.82. The van der Waals surface area contributed by atoms with Crippen LogP contribution in [0.4, 0.5) is 11.4 Å². The van der Waals surface area contributed by atoms with Gasteiger partial charge in [0.15, 0.2) is 0 Å². The highest BCUT2D eigenvalue weighted by Crippen LogP contribution is 2.24. The van der Waals surface area contributed by atoms with Crippen molar-refractivity contribution in [1.29, 1.82) is 0 Å². The summed E-state index contributed by atoms with van der Waals surface area (Å²) in [5.74, 6) is -1.55. The van der Waals surface area contributed by atoms with Crippen LogP contribution in [0.3, 0.4) is 0 Å². The minimum absolute atomic E-state index is 0.0455. The number of hydrogen-bond donors (Lipinski definition) is 1. The van der Waals surface area contributed by atoms with Crippen LogP contribution in [0.25, 0.3) is 0 Å². The van der Waals surface area contributed by atoms with Gasteiger partial charge < -0.3 is 14.9 Å². The molecule has 1 N–H and O–H groups in total. The number of anilines is 1. The summed E-state index contributed by atoms with van der Waals surface area (Å²) in [6.07, 6.45) is 0. The number of amides is 1. The summed E-state index contributed by atoms with van der Waals surface area (Å²) in [6.45, 7) is 0.0455. The van der Waals surface area contributed by atoms with Crippen LogP contribution >= 0.6 is 0 Å². The van der Waals surface area contributed by atoms with Gasteiger partial charge in [0.1, 0.15) is 5.56 Å². The van der Waals surface area contributed by atoms with Gasteiger partial charge in [-0.25, -0.2) is 4.79 Å². The molecule has 0 bridgehead atoms. The fraction of sp³-hybridized carbons (Fsp3) is 0.333. The van der Waals surface area contributed by atoms with E-state index in [1.165, 1.54) is 21.9 Å². The van der Waals surface area contributed by atoms with Crippen molar-refractivity contribution in [2.24, 2.45) is 0 Å². The highest BCUT2D eigenvalue weighted by molar-refractivity contribution is 5.94. The molecule has 0 spiro atoms. The zero-order valence-electron chi connectivity index (χ0n) is 11.4. The molecule has 0 heterocycles. The van der Waals surface area contributed by atoms with Crippen molar-refractivity contribution >= 4 is 23.3 Å². The lowest BCUT2D eigenvalue weighted by Crippen LogP contribution is -2.34. The van der Waals surface area contributed by atoms with Crippen molar-refractivity contribution in [2.75, 3.05) is 32.6 Å². The van der Waals surface area contributed by atoms with E-state index >= 15 is 0 Å². The summed E-state index contributed by atoms with van der Waals surface area (Å²) >= 11 is 0. The smallest absolute Gasteiger partial charge is 0.342 e. The first-order valence-electron chi connectivity index (χ1n) is 5.67. The second kappa shape index (κ2) is 6.00. The summed E-state index contributed by atoms with van der Waals surface area (Å²) in [5, 5.41) is 19.7. The minimum Gasteiger partial charge on any atom is -0.477 e. The Labute approximate surface area is 115 Å². The van der Waals surface area contributed by atoms with Crippen LogP contribution in [0.5, 0.6) is 0 Å². The van der Waals surface area contributed by atoms with Crippen LogP contribution < -0.4 is 4.90 Å². The monoisotopic (exact) mass is 281 g/mol. The number of nitro benzene ring substituents is 1. The number of aromatic carboxylic acids is 1. The Morgan fingerprint density at radius 2 is 1.90 bits per heavy atom. The molecule has 0 atom stereocenters. The normalized spacial score (nSPS) is 9.95. The van der Waals surface area contributed by atoms with Crippen LogP contribution in [0.15, 0.2) is 18.2 Å². The largest absolute Gasteiger partial charge is 0.477 e. The number of carboxylic acids is 1. The van der Waals surface area contributed by atoms with Crippen molar-refractivity contribution in [3.05, 3.63) is 33.9 Å². The van der Waals surface area contributed by atoms with Gasteiger partial charge >= 0.3 is 5.97 Å². The first-order chi connectivity index (χ1) is 9.23. The van der Waals surface area contributed by atoms with E-state index in [2.05, 4.69) is 0 Å². The van der Waals surface area contributed by atoms with E-state index in [0.29, 0.717) is 5.69 Å². The number of carbonyl (C=O) groups excluding carboxylic acids is 1. The highest BCUT2D eigenvalue weighted by atomic mass is 16.6. The van der Waals surface area contributed by atoms with Crippen LogP contribution in [-0.4, -0.2) is 54.5 Å². The first-order valence-corrected chi connectivity index (χ1v) is 5.67. The summed E-state index contributed by atoms with van der Waals surface area (Å²) in [4.78, 5) is 35.5. The number of likely N-dealkylation sites (N-methyl/N-ethyl adjacent to an activating group) is 2. The van der Waals surface area contributed by atoms with Gasteiger partial charge in [-0.15, -0.1) is 0 Å². The third kappa shape index (κ3) is 3.44. The Kier molecular flexibility index (Phi) is 4.63.